The molecule has 0 N–H and O–H groups in total. The van der Waals surface area contributed by atoms with Crippen LogP contribution in [0.4, 0.5) is 17.1 Å². The zero-order valence-electron chi connectivity index (χ0n) is 39.4. The Labute approximate surface area is 387 Å². The summed E-state index contributed by atoms with van der Waals surface area (Å²) in [6, 6.07) is 50.5. The lowest BCUT2D eigenvalue weighted by atomic mass is 9.26. The molecule has 6 aromatic rings. The molecule has 324 valence electrons. The molecule has 6 unspecified atom stereocenters. The maximum absolute atomic E-state index is 2.59. The van der Waals surface area contributed by atoms with Crippen molar-refractivity contribution in [2.75, 3.05) is 4.90 Å². The second-order valence-electron chi connectivity index (χ2n) is 24.3. The Morgan fingerprint density at radius 3 is 1.53 bits per heavy atom. The van der Waals surface area contributed by atoms with Gasteiger partial charge in [0.2, 0.25) is 0 Å². The second kappa shape index (κ2) is 13.1. The molecule has 2 bridgehead atoms. The van der Waals surface area contributed by atoms with Crippen LogP contribution in [0.15, 0.2) is 137 Å². The quantitative estimate of drug-likeness (QED) is 0.170. The van der Waals surface area contributed by atoms with Crippen LogP contribution in [0.5, 0.6) is 0 Å². The van der Waals surface area contributed by atoms with E-state index in [0.717, 1.165) is 23.7 Å². The van der Waals surface area contributed by atoms with Crippen molar-refractivity contribution in [3.05, 3.63) is 161 Å². The van der Waals surface area contributed by atoms with E-state index in [-0.39, 0.29) is 27.1 Å². The van der Waals surface area contributed by atoms with E-state index in [2.05, 4.69) is 188 Å². The summed E-state index contributed by atoms with van der Waals surface area (Å²) in [4.78, 5) is 5.50. The second-order valence-corrected chi connectivity index (χ2v) is 25.3. The van der Waals surface area contributed by atoms with Gasteiger partial charge in [0, 0.05) is 32.3 Å². The lowest BCUT2D eigenvalue weighted by Gasteiger charge is -2.78. The van der Waals surface area contributed by atoms with Crippen LogP contribution in [-0.2, 0) is 27.1 Å². The van der Waals surface area contributed by atoms with Crippen LogP contribution in [0.3, 0.4) is 0 Å². The summed E-state index contributed by atoms with van der Waals surface area (Å²) in [6.45, 7) is 19.6. The fraction of sp³-hybridized carbons (Fsp3) is 0.419. The molecule has 4 fully saturated rings. The molecule has 0 saturated heterocycles. The summed E-state index contributed by atoms with van der Waals surface area (Å²) in [5.41, 5.74) is 19.8. The third-order valence-electron chi connectivity index (χ3n) is 19.3. The summed E-state index contributed by atoms with van der Waals surface area (Å²) >= 11 is 2.03. The molecule has 0 aromatic heterocycles. The minimum absolute atomic E-state index is 0.131. The minimum atomic E-state index is 0.131. The average molecular weight is 856 g/mol. The molecule has 2 heteroatoms. The predicted molar refractivity (Wildman–Crippen MR) is 269 cm³/mol. The first-order valence-electron chi connectivity index (χ1n) is 24.8. The van der Waals surface area contributed by atoms with Crippen molar-refractivity contribution in [2.24, 2.45) is 29.1 Å². The zero-order chi connectivity index (χ0) is 43.8. The van der Waals surface area contributed by atoms with Gasteiger partial charge in [-0.05, 0) is 200 Å². The average Bonchev–Trinajstić information content (AvgIpc) is 3.82. The Morgan fingerprint density at radius 1 is 0.453 bits per heavy atom. The number of anilines is 3. The number of nitrogens with zero attached hydrogens (tertiary/aromatic N) is 1. The molecule has 0 radical (unpaired) electrons. The van der Waals surface area contributed by atoms with Gasteiger partial charge >= 0.3 is 0 Å². The van der Waals surface area contributed by atoms with Crippen LogP contribution in [0.2, 0.25) is 0 Å². The van der Waals surface area contributed by atoms with Crippen LogP contribution in [-0.4, -0.2) is 0 Å². The molecular formula is C62H65NS. The highest BCUT2D eigenvalue weighted by Gasteiger charge is 2.84. The Balaban J connectivity index is 0.941. The van der Waals surface area contributed by atoms with E-state index in [9.17, 15) is 0 Å². The van der Waals surface area contributed by atoms with Gasteiger partial charge in [0.25, 0.3) is 0 Å². The van der Waals surface area contributed by atoms with Crippen molar-refractivity contribution in [3.63, 3.8) is 0 Å². The Kier molecular flexibility index (Phi) is 8.14. The van der Waals surface area contributed by atoms with Crippen molar-refractivity contribution in [2.45, 2.75) is 144 Å². The van der Waals surface area contributed by atoms with Gasteiger partial charge in [0.05, 0.1) is 0 Å². The Hall–Kier alpha value is -4.53. The fourth-order valence-corrected chi connectivity index (χ4v) is 17.4. The number of hydrogen-bond acceptors (Lipinski definition) is 2. The third-order valence-corrected chi connectivity index (χ3v) is 20.4. The van der Waals surface area contributed by atoms with E-state index < -0.39 is 0 Å². The summed E-state index contributed by atoms with van der Waals surface area (Å²) in [6.07, 6.45) is 10.7. The van der Waals surface area contributed by atoms with Gasteiger partial charge in [0.15, 0.2) is 0 Å². The van der Waals surface area contributed by atoms with Crippen molar-refractivity contribution in [3.8, 4) is 22.3 Å². The lowest BCUT2D eigenvalue weighted by Crippen LogP contribution is -2.74. The minimum Gasteiger partial charge on any atom is -0.310 e. The first-order chi connectivity index (χ1) is 30.6. The van der Waals surface area contributed by atoms with Crippen molar-refractivity contribution >= 4 is 28.8 Å². The van der Waals surface area contributed by atoms with Crippen LogP contribution in [0.1, 0.15) is 140 Å². The normalized spacial score (nSPS) is 29.6. The van der Waals surface area contributed by atoms with Crippen LogP contribution in [0.25, 0.3) is 22.3 Å². The summed E-state index contributed by atoms with van der Waals surface area (Å²) in [7, 11) is 0. The first kappa shape index (κ1) is 39.8. The maximum atomic E-state index is 2.59. The van der Waals surface area contributed by atoms with Gasteiger partial charge in [-0.2, -0.15) is 0 Å². The molecule has 1 aliphatic heterocycles. The highest BCUT2D eigenvalue weighted by molar-refractivity contribution is 7.99. The van der Waals surface area contributed by atoms with E-state index in [0.29, 0.717) is 5.41 Å². The third kappa shape index (κ3) is 5.16. The maximum Gasteiger partial charge on any atom is 0.0473 e. The highest BCUT2D eigenvalue weighted by atomic mass is 32.2. The largest absolute Gasteiger partial charge is 0.310 e. The molecule has 6 aliphatic carbocycles. The molecule has 1 heterocycles. The highest BCUT2D eigenvalue weighted by Crippen LogP contribution is 2.89. The zero-order valence-corrected chi connectivity index (χ0v) is 40.3. The standard InChI is InChI=1S/C62H65NS/c1-57(2)29-31-59(5,6)55-45(13-11-16-49(55)57)39-19-23-42(24-20-39)63(43-25-21-40(22-26-43)46-14-12-17-50-56(46)60(7,8)32-30-58(50,3)4)44-27-28-48-52(36-44)64-51-18-10-9-15-47(51)62(48)53-34-38-33-41-35-54(62)61(41,53)37-38/h9-28,36,38,41,53-54H,29-35,37H2,1-8H3. The molecule has 6 atom stereocenters. The number of hydrogen-bond donors (Lipinski definition) is 0. The van der Waals surface area contributed by atoms with Gasteiger partial charge in [-0.3, -0.25) is 0 Å². The van der Waals surface area contributed by atoms with Crippen LogP contribution < -0.4 is 4.90 Å². The number of rotatable bonds is 5. The summed E-state index contributed by atoms with van der Waals surface area (Å²) in [5, 5.41) is 0. The van der Waals surface area contributed by atoms with Gasteiger partial charge < -0.3 is 4.90 Å². The van der Waals surface area contributed by atoms with Crippen LogP contribution in [0, 0.1) is 29.1 Å². The Bertz CT molecular complexity index is 2790. The monoisotopic (exact) mass is 855 g/mol. The Morgan fingerprint density at radius 2 is 0.953 bits per heavy atom. The molecule has 7 aliphatic rings. The van der Waals surface area contributed by atoms with E-state index in [1.807, 2.05) is 11.8 Å². The van der Waals surface area contributed by atoms with Gasteiger partial charge in [-0.15, -0.1) is 0 Å². The lowest BCUT2D eigenvalue weighted by molar-refractivity contribution is -0.235. The molecular weight excluding hydrogens is 791 g/mol. The number of fused-ring (bicyclic) bond motifs is 9. The topological polar surface area (TPSA) is 3.24 Å². The van der Waals surface area contributed by atoms with Crippen molar-refractivity contribution in [1.29, 1.82) is 0 Å². The molecule has 2 spiro atoms. The summed E-state index contributed by atoms with van der Waals surface area (Å²) in [5.74, 6) is 3.52. The van der Waals surface area contributed by atoms with E-state index in [1.54, 1.807) is 11.1 Å². The first-order valence-corrected chi connectivity index (χ1v) is 25.7. The molecule has 13 rings (SSSR count). The smallest absolute Gasteiger partial charge is 0.0473 e. The SMILES string of the molecule is CC1(C)CCC(C)(C)c2c(-c3ccc(N(c4ccc(-c5cccc6c5C(C)(C)CCC6(C)C)cc4)c4ccc5c(c4)Sc4ccccc4C54C5CC6CC7CC4C75C6)cc3)cccc21. The van der Waals surface area contributed by atoms with Gasteiger partial charge in [0.1, 0.15) is 0 Å². The van der Waals surface area contributed by atoms with Gasteiger partial charge in [-0.25, -0.2) is 0 Å². The van der Waals surface area contributed by atoms with E-state index in [1.165, 1.54) is 123 Å². The van der Waals surface area contributed by atoms with Crippen LogP contribution >= 0.6 is 11.8 Å². The molecule has 1 nitrogen and oxygen atoms in total. The molecule has 4 saturated carbocycles. The van der Waals surface area contributed by atoms with Crippen molar-refractivity contribution in [1.82, 2.24) is 0 Å². The molecule has 0 amide bonds. The van der Waals surface area contributed by atoms with Crippen molar-refractivity contribution < 1.29 is 0 Å². The predicted octanol–water partition coefficient (Wildman–Crippen LogP) is 17.0. The molecule has 6 aromatic carbocycles. The molecule has 64 heavy (non-hydrogen) atoms. The summed E-state index contributed by atoms with van der Waals surface area (Å²) < 4.78 is 0. The number of benzene rings is 6. The van der Waals surface area contributed by atoms with E-state index >= 15 is 0 Å². The fourth-order valence-electron chi connectivity index (χ4n) is 16.2. The van der Waals surface area contributed by atoms with E-state index in [4.69, 9.17) is 0 Å². The van der Waals surface area contributed by atoms with Gasteiger partial charge in [-0.1, -0.05) is 152 Å².